The normalized spacial score (nSPS) is 13.6. The minimum absolute atomic E-state index is 0.0463. The van der Waals surface area contributed by atoms with Crippen LogP contribution in [0.4, 0.5) is 0 Å². The minimum Gasteiger partial charge on any atom is -0.344 e. The highest BCUT2D eigenvalue weighted by atomic mass is 32.1. The van der Waals surface area contributed by atoms with E-state index in [2.05, 4.69) is 15.3 Å². The van der Waals surface area contributed by atoms with Crippen LogP contribution >= 0.6 is 34.0 Å². The molecule has 5 nitrogen and oxygen atoms in total. The number of thiophene rings is 3. The number of carbonyl (C=O) groups is 1. The van der Waals surface area contributed by atoms with Gasteiger partial charge in [-0.25, -0.2) is 4.98 Å². The number of aryl methyl sites for hydroxylation is 3. The van der Waals surface area contributed by atoms with Crippen molar-refractivity contribution in [3.05, 3.63) is 71.4 Å². The van der Waals surface area contributed by atoms with E-state index in [-0.39, 0.29) is 23.9 Å². The van der Waals surface area contributed by atoms with E-state index >= 15 is 0 Å². The van der Waals surface area contributed by atoms with Crippen LogP contribution in [-0.2, 0) is 24.1 Å². The Kier molecular flexibility index (Phi) is 5.54. The number of fused-ring (bicyclic) bond motifs is 3. The van der Waals surface area contributed by atoms with Crippen LogP contribution in [0.5, 0.6) is 0 Å². The van der Waals surface area contributed by atoms with Gasteiger partial charge in [0.2, 0.25) is 5.91 Å². The summed E-state index contributed by atoms with van der Waals surface area (Å²) in [4.78, 5) is 37.3. The highest BCUT2D eigenvalue weighted by Gasteiger charge is 2.21. The number of aromatic nitrogens is 2. The average molecular weight is 456 g/mol. The third-order valence-electron chi connectivity index (χ3n) is 5.42. The fraction of sp³-hybridized carbons (Fsp3) is 0.318. The van der Waals surface area contributed by atoms with Crippen LogP contribution in [-0.4, -0.2) is 15.9 Å². The summed E-state index contributed by atoms with van der Waals surface area (Å²) in [7, 11) is 0. The Bertz CT molecular complexity index is 1190. The smallest absolute Gasteiger partial charge is 0.259 e. The summed E-state index contributed by atoms with van der Waals surface area (Å²) in [5.74, 6) is 0.542. The van der Waals surface area contributed by atoms with Crippen molar-refractivity contribution in [3.63, 3.8) is 0 Å². The molecule has 0 saturated carbocycles. The van der Waals surface area contributed by atoms with Crippen LogP contribution in [0.15, 0.2) is 39.8 Å². The van der Waals surface area contributed by atoms with E-state index in [9.17, 15) is 9.59 Å². The highest BCUT2D eigenvalue weighted by molar-refractivity contribution is 7.18. The van der Waals surface area contributed by atoms with E-state index < -0.39 is 0 Å². The van der Waals surface area contributed by atoms with Crippen molar-refractivity contribution < 1.29 is 4.79 Å². The van der Waals surface area contributed by atoms with Crippen molar-refractivity contribution in [2.45, 2.75) is 44.6 Å². The molecule has 0 fully saturated rings. The molecule has 4 aromatic heterocycles. The number of aromatic amines is 1. The van der Waals surface area contributed by atoms with E-state index in [1.54, 1.807) is 34.0 Å². The van der Waals surface area contributed by atoms with Gasteiger partial charge in [-0.1, -0.05) is 12.1 Å². The number of hydrogen-bond donors (Lipinski definition) is 2. The van der Waals surface area contributed by atoms with Crippen LogP contribution in [0.3, 0.4) is 0 Å². The summed E-state index contributed by atoms with van der Waals surface area (Å²) < 4.78 is 0. The van der Waals surface area contributed by atoms with Gasteiger partial charge >= 0.3 is 0 Å². The summed E-state index contributed by atoms with van der Waals surface area (Å²) >= 11 is 4.91. The van der Waals surface area contributed by atoms with Gasteiger partial charge in [0.25, 0.3) is 5.56 Å². The lowest BCUT2D eigenvalue weighted by Gasteiger charge is -2.16. The molecule has 0 saturated heterocycles. The summed E-state index contributed by atoms with van der Waals surface area (Å²) in [6.07, 6.45) is 5.03. The largest absolute Gasteiger partial charge is 0.344 e. The highest BCUT2D eigenvalue weighted by Crippen LogP contribution is 2.33. The first-order valence-electron chi connectivity index (χ1n) is 10.1. The number of amides is 1. The van der Waals surface area contributed by atoms with Crippen molar-refractivity contribution in [2.24, 2.45) is 0 Å². The lowest BCUT2D eigenvalue weighted by Crippen LogP contribution is -2.28. The SMILES string of the molecule is O=C(CCc1nc2sc3c(c2c(=O)[nH]1)CCCC3)NC(c1cccs1)c1cccs1. The maximum atomic E-state index is 12.7. The second-order valence-corrected chi connectivity index (χ2v) is 10.5. The van der Waals surface area contributed by atoms with E-state index in [0.717, 1.165) is 39.2 Å². The fourth-order valence-electron chi connectivity index (χ4n) is 3.99. The van der Waals surface area contributed by atoms with Crippen molar-refractivity contribution >= 4 is 50.1 Å². The molecule has 0 bridgehead atoms. The molecule has 0 radical (unpaired) electrons. The number of H-pyrrole nitrogens is 1. The Hall–Kier alpha value is -2.29. The van der Waals surface area contributed by atoms with Crippen molar-refractivity contribution in [1.29, 1.82) is 0 Å². The summed E-state index contributed by atoms with van der Waals surface area (Å²) in [6, 6.07) is 7.95. The lowest BCUT2D eigenvalue weighted by atomic mass is 9.97. The molecule has 0 atom stereocenters. The summed E-state index contributed by atoms with van der Waals surface area (Å²) in [5, 5.41) is 7.95. The molecule has 8 heteroatoms. The number of nitrogens with zero attached hydrogens (tertiary/aromatic N) is 1. The van der Waals surface area contributed by atoms with Gasteiger partial charge in [-0.15, -0.1) is 34.0 Å². The van der Waals surface area contributed by atoms with Crippen LogP contribution in [0.25, 0.3) is 10.2 Å². The van der Waals surface area contributed by atoms with Crippen LogP contribution in [0, 0.1) is 0 Å². The van der Waals surface area contributed by atoms with E-state index in [4.69, 9.17) is 0 Å². The second kappa shape index (κ2) is 8.45. The molecule has 1 aliphatic carbocycles. The number of nitrogens with one attached hydrogen (secondary N) is 2. The molecule has 0 aliphatic heterocycles. The monoisotopic (exact) mass is 455 g/mol. The first kappa shape index (κ1) is 19.7. The van der Waals surface area contributed by atoms with Gasteiger partial charge in [-0.2, -0.15) is 0 Å². The number of rotatable bonds is 6. The fourth-order valence-corrected chi connectivity index (χ4v) is 6.93. The molecule has 154 valence electrons. The molecule has 0 unspecified atom stereocenters. The standard InChI is InChI=1S/C22H21N3O2S3/c26-18(25-20(15-7-3-11-28-15)16-8-4-12-29-16)10-9-17-23-21(27)19-13-5-1-2-6-14(13)30-22(19)24-17/h3-4,7-8,11-12,20H,1-2,5-6,9-10H2,(H,25,26)(H,23,24,27). The van der Waals surface area contributed by atoms with Crippen LogP contribution < -0.4 is 10.9 Å². The topological polar surface area (TPSA) is 74.8 Å². The van der Waals surface area contributed by atoms with E-state index in [1.165, 1.54) is 16.9 Å². The molecule has 4 aromatic rings. The minimum atomic E-state index is -0.129. The molecule has 5 rings (SSSR count). The predicted octanol–water partition coefficient (Wildman–Crippen LogP) is 4.82. The molecule has 1 aliphatic rings. The maximum absolute atomic E-state index is 12.7. The van der Waals surface area contributed by atoms with Crippen LogP contribution in [0.1, 0.15) is 51.3 Å². The Morgan fingerprint density at radius 2 is 1.87 bits per heavy atom. The lowest BCUT2D eigenvalue weighted by molar-refractivity contribution is -0.121. The third-order valence-corrected chi connectivity index (χ3v) is 8.48. The zero-order valence-corrected chi connectivity index (χ0v) is 18.7. The Morgan fingerprint density at radius 3 is 2.57 bits per heavy atom. The summed E-state index contributed by atoms with van der Waals surface area (Å²) in [5.41, 5.74) is 1.12. The van der Waals surface area contributed by atoms with Crippen molar-refractivity contribution in [2.75, 3.05) is 0 Å². The maximum Gasteiger partial charge on any atom is 0.259 e. The Balaban J connectivity index is 1.31. The Morgan fingerprint density at radius 1 is 1.13 bits per heavy atom. The molecule has 2 N–H and O–H groups in total. The Labute approximate surface area is 185 Å². The molecule has 1 amide bonds. The predicted molar refractivity (Wildman–Crippen MR) is 124 cm³/mol. The third kappa shape index (κ3) is 3.87. The van der Waals surface area contributed by atoms with E-state index in [1.807, 2.05) is 35.0 Å². The quantitative estimate of drug-likeness (QED) is 0.437. The van der Waals surface area contributed by atoms with Gasteiger partial charge in [0.15, 0.2) is 0 Å². The van der Waals surface area contributed by atoms with Gasteiger partial charge in [0.05, 0.1) is 11.4 Å². The molecular weight excluding hydrogens is 434 g/mol. The van der Waals surface area contributed by atoms with Gasteiger partial charge in [0, 0.05) is 27.5 Å². The average Bonchev–Trinajstić information content (AvgIpc) is 3.51. The van der Waals surface area contributed by atoms with Crippen LogP contribution in [0.2, 0.25) is 0 Å². The number of hydrogen-bond acceptors (Lipinski definition) is 6. The molecule has 30 heavy (non-hydrogen) atoms. The summed E-state index contributed by atoms with van der Waals surface area (Å²) in [6.45, 7) is 0. The first-order valence-corrected chi connectivity index (χ1v) is 12.7. The van der Waals surface area contributed by atoms with Crippen molar-refractivity contribution in [1.82, 2.24) is 15.3 Å². The second-order valence-electron chi connectivity index (χ2n) is 7.44. The van der Waals surface area contributed by atoms with Gasteiger partial charge in [-0.05, 0) is 54.1 Å². The number of carbonyl (C=O) groups excluding carboxylic acids is 1. The molecule has 0 aromatic carbocycles. The van der Waals surface area contributed by atoms with Crippen molar-refractivity contribution in [3.8, 4) is 0 Å². The molecular formula is C22H21N3O2S3. The zero-order valence-electron chi connectivity index (χ0n) is 16.3. The van der Waals surface area contributed by atoms with Gasteiger partial charge < -0.3 is 10.3 Å². The molecule has 0 spiro atoms. The van der Waals surface area contributed by atoms with E-state index in [0.29, 0.717) is 12.2 Å². The first-order chi connectivity index (χ1) is 14.7. The van der Waals surface area contributed by atoms with Gasteiger partial charge in [0.1, 0.15) is 10.7 Å². The zero-order chi connectivity index (χ0) is 20.5. The van der Waals surface area contributed by atoms with Gasteiger partial charge in [-0.3, -0.25) is 9.59 Å². The molecule has 4 heterocycles.